The molecule has 4 rings (SSSR count). The van der Waals surface area contributed by atoms with Gasteiger partial charge in [-0.05, 0) is 61.1 Å². The summed E-state index contributed by atoms with van der Waals surface area (Å²) >= 11 is 5.91. The van der Waals surface area contributed by atoms with Crippen molar-refractivity contribution >= 4 is 22.9 Å². The predicted molar refractivity (Wildman–Crippen MR) is 88.0 cm³/mol. The van der Waals surface area contributed by atoms with E-state index in [1.807, 2.05) is 30.3 Å². The molecular formula is C18H22ClNO3. The number of carbonyl (C=O) groups is 2. The molecule has 1 atom stereocenters. The van der Waals surface area contributed by atoms with Gasteiger partial charge in [0, 0.05) is 12.0 Å². The van der Waals surface area contributed by atoms with Crippen LogP contribution in [0.15, 0.2) is 30.3 Å². The van der Waals surface area contributed by atoms with Crippen molar-refractivity contribution in [2.45, 2.75) is 38.7 Å². The van der Waals surface area contributed by atoms with E-state index in [4.69, 9.17) is 16.3 Å². The monoisotopic (exact) mass is 335 g/mol. The van der Waals surface area contributed by atoms with E-state index in [2.05, 4.69) is 5.32 Å². The van der Waals surface area contributed by atoms with Crippen molar-refractivity contribution in [3.8, 4) is 0 Å². The number of ether oxygens (including phenoxy) is 1. The van der Waals surface area contributed by atoms with Gasteiger partial charge in [0.25, 0.3) is 0 Å². The van der Waals surface area contributed by atoms with Gasteiger partial charge >= 0.3 is 6.09 Å². The minimum absolute atomic E-state index is 0.129. The molecule has 5 heteroatoms. The number of carbonyl (C=O) groups excluding carboxylic acids is 2. The standard InChI is InChI=1S/C18H22ClNO3/c19-16(21)18-8-6-13(7-9-18)10-15(18)11-20-17(22)23-12-14-4-2-1-3-5-14/h1-5,13,15H,6-12H2,(H,20,22). The SMILES string of the molecule is O=C(NCC1CC2CCC1(C(=O)Cl)CC2)OCc1ccccc1. The van der Waals surface area contributed by atoms with Crippen LogP contribution in [-0.4, -0.2) is 17.9 Å². The second-order valence-electron chi connectivity index (χ2n) is 6.75. The molecule has 1 unspecified atom stereocenters. The van der Waals surface area contributed by atoms with Gasteiger partial charge in [0.1, 0.15) is 6.61 Å². The zero-order chi connectivity index (χ0) is 16.3. The lowest BCUT2D eigenvalue weighted by Crippen LogP contribution is -2.50. The van der Waals surface area contributed by atoms with E-state index in [0.717, 1.165) is 37.7 Å². The van der Waals surface area contributed by atoms with Crippen molar-refractivity contribution in [3.05, 3.63) is 35.9 Å². The molecule has 1 amide bonds. The molecule has 0 radical (unpaired) electrons. The van der Waals surface area contributed by atoms with E-state index in [-0.39, 0.29) is 17.8 Å². The Morgan fingerprint density at radius 3 is 2.57 bits per heavy atom. The fraction of sp³-hybridized carbons (Fsp3) is 0.556. The Bertz CT molecular complexity index is 567. The quantitative estimate of drug-likeness (QED) is 0.831. The van der Waals surface area contributed by atoms with Crippen LogP contribution >= 0.6 is 11.6 Å². The summed E-state index contributed by atoms with van der Waals surface area (Å²) in [5, 5.41) is 2.58. The van der Waals surface area contributed by atoms with Crippen molar-refractivity contribution in [3.63, 3.8) is 0 Å². The average molecular weight is 336 g/mol. The van der Waals surface area contributed by atoms with Gasteiger partial charge in [-0.3, -0.25) is 4.79 Å². The van der Waals surface area contributed by atoms with Crippen LogP contribution in [0.3, 0.4) is 0 Å². The maximum absolute atomic E-state index is 12.0. The van der Waals surface area contributed by atoms with Crippen LogP contribution in [0.25, 0.3) is 0 Å². The summed E-state index contributed by atoms with van der Waals surface area (Å²) in [5.74, 6) is 0.796. The fourth-order valence-corrected chi connectivity index (χ4v) is 4.42. The smallest absolute Gasteiger partial charge is 0.407 e. The van der Waals surface area contributed by atoms with Crippen LogP contribution < -0.4 is 5.32 Å². The maximum atomic E-state index is 12.0. The minimum Gasteiger partial charge on any atom is -0.445 e. The number of rotatable bonds is 5. The molecule has 4 nitrogen and oxygen atoms in total. The van der Waals surface area contributed by atoms with Crippen molar-refractivity contribution in [2.75, 3.05) is 6.54 Å². The molecule has 0 aliphatic heterocycles. The summed E-state index contributed by atoms with van der Waals surface area (Å²) in [6.07, 6.45) is 4.39. The summed E-state index contributed by atoms with van der Waals surface area (Å²) in [6, 6.07) is 9.56. The molecule has 1 aromatic rings. The Morgan fingerprint density at radius 2 is 1.91 bits per heavy atom. The molecule has 3 fully saturated rings. The van der Waals surface area contributed by atoms with E-state index in [0.29, 0.717) is 12.5 Å². The van der Waals surface area contributed by atoms with Crippen molar-refractivity contribution in [1.29, 1.82) is 0 Å². The van der Waals surface area contributed by atoms with E-state index in [9.17, 15) is 9.59 Å². The van der Waals surface area contributed by atoms with Crippen LogP contribution in [0.4, 0.5) is 4.79 Å². The van der Waals surface area contributed by atoms with E-state index < -0.39 is 11.5 Å². The Balaban J connectivity index is 1.51. The maximum Gasteiger partial charge on any atom is 0.407 e. The second-order valence-corrected chi connectivity index (χ2v) is 7.09. The molecule has 1 N–H and O–H groups in total. The topological polar surface area (TPSA) is 55.4 Å². The molecule has 1 aromatic carbocycles. The average Bonchev–Trinajstić information content (AvgIpc) is 2.60. The van der Waals surface area contributed by atoms with Crippen molar-refractivity contribution in [1.82, 2.24) is 5.32 Å². The summed E-state index contributed by atoms with van der Waals surface area (Å²) in [4.78, 5) is 23.9. The highest BCUT2D eigenvalue weighted by molar-refractivity contribution is 6.64. The predicted octanol–water partition coefficient (Wildman–Crippen LogP) is 3.87. The molecular weight excluding hydrogens is 314 g/mol. The third-order valence-corrected chi connectivity index (χ3v) is 5.87. The highest BCUT2D eigenvalue weighted by Gasteiger charge is 2.51. The molecule has 2 bridgehead atoms. The van der Waals surface area contributed by atoms with Gasteiger partial charge < -0.3 is 10.1 Å². The van der Waals surface area contributed by atoms with Gasteiger partial charge in [-0.25, -0.2) is 4.79 Å². The highest BCUT2D eigenvalue weighted by atomic mass is 35.5. The Labute approximate surface area is 141 Å². The Hall–Kier alpha value is -1.55. The Kier molecular flexibility index (Phi) is 4.90. The number of halogens is 1. The van der Waals surface area contributed by atoms with E-state index in [1.54, 1.807) is 0 Å². The lowest BCUT2D eigenvalue weighted by molar-refractivity contribution is -0.131. The number of amides is 1. The number of nitrogens with one attached hydrogen (secondary N) is 1. The molecule has 3 saturated carbocycles. The molecule has 3 aliphatic rings. The number of hydrogen-bond donors (Lipinski definition) is 1. The number of alkyl carbamates (subject to hydrolysis) is 1. The molecule has 124 valence electrons. The molecule has 0 aromatic heterocycles. The summed E-state index contributed by atoms with van der Waals surface area (Å²) in [7, 11) is 0. The largest absolute Gasteiger partial charge is 0.445 e. The first-order valence-electron chi connectivity index (χ1n) is 8.24. The van der Waals surface area contributed by atoms with E-state index >= 15 is 0 Å². The van der Waals surface area contributed by atoms with Crippen LogP contribution in [0.5, 0.6) is 0 Å². The van der Waals surface area contributed by atoms with Gasteiger partial charge in [0.05, 0.1) is 0 Å². The summed E-state index contributed by atoms with van der Waals surface area (Å²) in [6.45, 7) is 0.710. The minimum atomic E-state index is -0.441. The fourth-order valence-electron chi connectivity index (χ4n) is 4.08. The molecule has 0 saturated heterocycles. The first kappa shape index (κ1) is 16.3. The van der Waals surface area contributed by atoms with Gasteiger partial charge in [-0.15, -0.1) is 0 Å². The summed E-state index contributed by atoms with van der Waals surface area (Å²) in [5.41, 5.74) is 0.509. The molecule has 0 heterocycles. The van der Waals surface area contributed by atoms with Crippen LogP contribution in [0.1, 0.15) is 37.7 Å². The number of hydrogen-bond acceptors (Lipinski definition) is 3. The van der Waals surface area contributed by atoms with Crippen LogP contribution in [0.2, 0.25) is 0 Å². The first-order chi connectivity index (χ1) is 11.1. The Morgan fingerprint density at radius 1 is 1.22 bits per heavy atom. The third-order valence-electron chi connectivity index (χ3n) is 5.49. The normalized spacial score (nSPS) is 29.1. The van der Waals surface area contributed by atoms with Crippen LogP contribution in [0, 0.1) is 17.3 Å². The van der Waals surface area contributed by atoms with Crippen molar-refractivity contribution in [2.24, 2.45) is 17.3 Å². The second kappa shape index (κ2) is 6.91. The first-order valence-corrected chi connectivity index (χ1v) is 8.62. The van der Waals surface area contributed by atoms with Crippen LogP contribution in [-0.2, 0) is 16.1 Å². The molecule has 3 aliphatic carbocycles. The molecule has 23 heavy (non-hydrogen) atoms. The lowest BCUT2D eigenvalue weighted by atomic mass is 9.55. The van der Waals surface area contributed by atoms with Gasteiger partial charge in [0.15, 0.2) is 0 Å². The zero-order valence-corrected chi connectivity index (χ0v) is 13.8. The third kappa shape index (κ3) is 3.52. The van der Waals surface area contributed by atoms with Gasteiger partial charge in [0.2, 0.25) is 5.24 Å². The lowest BCUT2D eigenvalue weighted by Gasteiger charge is -2.50. The molecule has 0 spiro atoms. The van der Waals surface area contributed by atoms with Gasteiger partial charge in [-0.1, -0.05) is 30.3 Å². The highest BCUT2D eigenvalue weighted by Crippen LogP contribution is 2.54. The summed E-state index contributed by atoms with van der Waals surface area (Å²) < 4.78 is 5.22. The van der Waals surface area contributed by atoms with Crippen molar-refractivity contribution < 1.29 is 14.3 Å². The van der Waals surface area contributed by atoms with Gasteiger partial charge in [-0.2, -0.15) is 0 Å². The van der Waals surface area contributed by atoms with E-state index in [1.165, 1.54) is 0 Å². The zero-order valence-electron chi connectivity index (χ0n) is 13.1. The number of benzene rings is 1. The number of fused-ring (bicyclic) bond motifs is 3.